The van der Waals surface area contributed by atoms with E-state index < -0.39 is 128 Å². The van der Waals surface area contributed by atoms with Gasteiger partial charge in [0.05, 0.1) is 85.7 Å². The number of carbonyl (C=O) groups is 2. The van der Waals surface area contributed by atoms with Gasteiger partial charge in [-0.2, -0.15) is 0 Å². The fourth-order valence-electron chi connectivity index (χ4n) is 8.05. The van der Waals surface area contributed by atoms with E-state index >= 15 is 0 Å². The molecule has 2 fully saturated rings. The number of hydrogen-bond acceptors (Lipinski definition) is 16. The lowest BCUT2D eigenvalue weighted by molar-refractivity contribution is -0.279. The maximum Gasteiger partial charge on any atom is 0.311 e. The van der Waals surface area contributed by atoms with Gasteiger partial charge >= 0.3 is 11.9 Å². The van der Waals surface area contributed by atoms with Gasteiger partial charge in [0.25, 0.3) is 0 Å². The van der Waals surface area contributed by atoms with E-state index in [2.05, 4.69) is 0 Å². The summed E-state index contributed by atoms with van der Waals surface area (Å²) >= 11 is 0. The highest BCUT2D eigenvalue weighted by atomic mass is 16.7. The van der Waals surface area contributed by atoms with Crippen LogP contribution in [0.3, 0.4) is 0 Å². The number of nitrogens with two attached hydrogens (primary N) is 1. The number of carboxylic acids is 1. The Morgan fingerprint density at radius 3 is 1.91 bits per heavy atom. The summed E-state index contributed by atoms with van der Waals surface area (Å²) < 4.78 is 23.5. The average Bonchev–Trinajstić information content (AvgIpc) is 3.22. The monoisotopic (exact) mass is 910 g/mol. The highest BCUT2D eigenvalue weighted by Crippen LogP contribution is 2.33. The van der Waals surface area contributed by atoms with Gasteiger partial charge in [-0.15, -0.1) is 0 Å². The summed E-state index contributed by atoms with van der Waals surface area (Å²) in [6, 6.07) is -1.10. The van der Waals surface area contributed by atoms with Gasteiger partial charge in [0.1, 0.15) is 18.1 Å². The number of rotatable bonds is 3. The molecule has 64 heavy (non-hydrogen) atoms. The van der Waals surface area contributed by atoms with Crippen molar-refractivity contribution >= 4 is 11.9 Å². The Morgan fingerprint density at radius 1 is 0.641 bits per heavy atom. The Balaban J connectivity index is 1.80. The summed E-state index contributed by atoms with van der Waals surface area (Å²) in [5.74, 6) is -4.12. The van der Waals surface area contributed by atoms with Gasteiger partial charge in [-0.25, -0.2) is 0 Å². The predicted molar refractivity (Wildman–Crippen MR) is 236 cm³/mol. The normalized spacial score (nSPS) is 41.6. The number of carboxylic acid groups (broad SMARTS) is 1. The number of hydrogen-bond donors (Lipinski definition) is 11. The number of fused-ring (bicyclic) bond motifs is 2. The maximum atomic E-state index is 12.6. The van der Waals surface area contributed by atoms with Gasteiger partial charge in [-0.3, -0.25) is 9.59 Å². The Kier molecular flexibility index (Phi) is 24.3. The first-order valence-electron chi connectivity index (χ1n) is 22.6. The quantitative estimate of drug-likeness (QED) is 0.179. The Hall–Kier alpha value is -3.14. The van der Waals surface area contributed by atoms with Crippen LogP contribution < -0.4 is 5.73 Å². The van der Waals surface area contributed by atoms with Crippen LogP contribution in [0.4, 0.5) is 0 Å². The fraction of sp³-hybridized carbons (Fsp3) is 0.702. The number of aliphatic hydroxyl groups is 9. The van der Waals surface area contributed by atoms with Gasteiger partial charge < -0.3 is 75.7 Å². The first kappa shape index (κ1) is 55.2. The lowest BCUT2D eigenvalue weighted by Crippen LogP contribution is -2.61. The molecule has 17 nitrogen and oxygen atoms in total. The van der Waals surface area contributed by atoms with E-state index in [1.807, 2.05) is 49.5 Å². The number of aliphatic carboxylic acids is 1. The number of allylic oxidation sites excluding steroid dienone is 10. The number of aliphatic hydroxyl groups excluding tert-OH is 9. The summed E-state index contributed by atoms with van der Waals surface area (Å²) in [5, 5.41) is 107. The molecule has 17 heteroatoms. The molecule has 3 aliphatic heterocycles. The van der Waals surface area contributed by atoms with Gasteiger partial charge in [-0.1, -0.05) is 86.8 Å². The first-order valence-corrected chi connectivity index (χ1v) is 22.6. The van der Waals surface area contributed by atoms with Crippen molar-refractivity contribution < 1.29 is 79.6 Å². The molecule has 364 valence electrons. The van der Waals surface area contributed by atoms with Gasteiger partial charge in [0.15, 0.2) is 6.29 Å². The van der Waals surface area contributed by atoms with Crippen molar-refractivity contribution in [3.05, 3.63) is 72.9 Å². The van der Waals surface area contributed by atoms with Crippen LogP contribution in [0.2, 0.25) is 0 Å². The zero-order chi connectivity index (χ0) is 47.5. The van der Waals surface area contributed by atoms with E-state index in [4.69, 9.17) is 24.7 Å². The lowest BCUT2D eigenvalue weighted by atomic mass is 9.84. The average molecular weight is 910 g/mol. The summed E-state index contributed by atoms with van der Waals surface area (Å²) in [6.45, 7) is 6.85. The third-order valence-corrected chi connectivity index (χ3v) is 12.2. The van der Waals surface area contributed by atoms with Crippen LogP contribution in [0.5, 0.6) is 0 Å². The van der Waals surface area contributed by atoms with E-state index in [-0.39, 0.29) is 50.9 Å². The summed E-state index contributed by atoms with van der Waals surface area (Å²) in [5.41, 5.74) is 6.04. The SMILES string of the molecule is CC1C=CC=CCCC=CC=CC=CC=CC(OC2OC(C)C(O)C(N)C2O)CC2OC(CC(O)C(O)CCC(O)CC(O)CC(O)CC(=O)OC(C)C(C)C1O)CC(O)C2C(=O)O. The molecular weight excluding hydrogens is 835 g/mol. The Bertz CT molecular complexity index is 1570. The maximum absolute atomic E-state index is 12.6. The van der Waals surface area contributed by atoms with Crippen LogP contribution in [0.1, 0.15) is 91.9 Å². The second-order valence-corrected chi connectivity index (χ2v) is 17.6. The van der Waals surface area contributed by atoms with Gasteiger partial charge in [0, 0.05) is 31.1 Å². The molecule has 0 amide bonds. The third-order valence-electron chi connectivity index (χ3n) is 12.2. The molecule has 3 heterocycles. The van der Waals surface area contributed by atoms with Crippen LogP contribution in [-0.4, -0.2) is 161 Å². The molecular formula is C47H75NO16. The van der Waals surface area contributed by atoms with E-state index in [1.54, 1.807) is 51.2 Å². The van der Waals surface area contributed by atoms with Crippen molar-refractivity contribution in [2.24, 2.45) is 23.5 Å². The zero-order valence-corrected chi connectivity index (χ0v) is 37.5. The van der Waals surface area contributed by atoms with E-state index in [0.717, 1.165) is 12.8 Å². The van der Waals surface area contributed by atoms with Crippen molar-refractivity contribution in [1.82, 2.24) is 0 Å². The van der Waals surface area contributed by atoms with Crippen LogP contribution in [0.25, 0.3) is 0 Å². The molecule has 0 saturated carbocycles. The smallest absolute Gasteiger partial charge is 0.311 e. The summed E-state index contributed by atoms with van der Waals surface area (Å²) in [6.07, 6.45) is 4.79. The van der Waals surface area contributed by atoms with Gasteiger partial charge in [0.2, 0.25) is 0 Å². The molecule has 19 unspecified atom stereocenters. The van der Waals surface area contributed by atoms with Gasteiger partial charge in [-0.05, 0) is 52.4 Å². The van der Waals surface area contributed by atoms with Crippen molar-refractivity contribution in [1.29, 1.82) is 0 Å². The zero-order valence-electron chi connectivity index (χ0n) is 37.5. The minimum atomic E-state index is -1.44. The van der Waals surface area contributed by atoms with E-state index in [0.29, 0.717) is 0 Å². The second-order valence-electron chi connectivity index (χ2n) is 17.6. The third kappa shape index (κ3) is 18.6. The van der Waals surface area contributed by atoms with Crippen molar-refractivity contribution in [2.75, 3.05) is 0 Å². The minimum absolute atomic E-state index is 0.0480. The molecule has 0 spiro atoms. The molecule has 2 saturated heterocycles. The highest BCUT2D eigenvalue weighted by molar-refractivity contribution is 5.71. The largest absolute Gasteiger partial charge is 0.481 e. The topological polar surface area (TPSA) is 299 Å². The Labute approximate surface area is 376 Å². The molecule has 0 aromatic rings. The van der Waals surface area contributed by atoms with Crippen molar-refractivity contribution in [3.63, 3.8) is 0 Å². The molecule has 0 aromatic carbocycles. The molecule has 0 aliphatic carbocycles. The number of carbonyl (C=O) groups excluding carboxylic acids is 1. The molecule has 2 bridgehead atoms. The predicted octanol–water partition coefficient (Wildman–Crippen LogP) is 1.62. The number of cyclic esters (lactones) is 1. The van der Waals surface area contributed by atoms with Crippen LogP contribution in [0, 0.1) is 17.8 Å². The van der Waals surface area contributed by atoms with Crippen molar-refractivity contribution in [2.45, 2.75) is 190 Å². The summed E-state index contributed by atoms with van der Waals surface area (Å²) in [4.78, 5) is 25.1. The molecule has 19 atom stereocenters. The highest BCUT2D eigenvalue weighted by Gasteiger charge is 2.46. The Morgan fingerprint density at radius 2 is 1.23 bits per heavy atom. The molecule has 3 rings (SSSR count). The number of esters is 1. The first-order chi connectivity index (χ1) is 30.3. The van der Waals surface area contributed by atoms with Crippen LogP contribution in [-0.2, 0) is 28.5 Å². The lowest BCUT2D eigenvalue weighted by Gasteiger charge is -2.42. The van der Waals surface area contributed by atoms with E-state index in [1.165, 1.54) is 0 Å². The molecule has 12 N–H and O–H groups in total. The fourth-order valence-corrected chi connectivity index (χ4v) is 8.05. The summed E-state index contributed by atoms with van der Waals surface area (Å²) in [7, 11) is 0. The molecule has 0 radical (unpaired) electrons. The molecule has 3 aliphatic rings. The van der Waals surface area contributed by atoms with E-state index in [9.17, 15) is 60.7 Å². The van der Waals surface area contributed by atoms with Crippen molar-refractivity contribution in [3.8, 4) is 0 Å². The number of ether oxygens (including phenoxy) is 4. The minimum Gasteiger partial charge on any atom is -0.481 e. The molecule has 0 aromatic heterocycles. The van der Waals surface area contributed by atoms with Crippen LogP contribution >= 0.6 is 0 Å². The van der Waals surface area contributed by atoms with Crippen LogP contribution in [0.15, 0.2) is 72.9 Å². The standard InChI is InChI=1S/C47H75NO16/c1-27-17-15-13-11-9-7-5-6-8-10-12-14-16-18-34(64-47-45(58)42(48)44(57)30(4)62-47)26-39-41(46(59)60)38(54)25-35(63-39)24-37(53)36(52)20-19-31(49)21-32(50)22-33(51)23-40(55)61-29(3)28(2)43(27)56/h5-6,8,10-18,27-39,41-45,47,49-54,56-58H,7,9,19-26,48H2,1-4H3,(H,59,60). The second kappa shape index (κ2) is 28.1.